The van der Waals surface area contributed by atoms with Gasteiger partial charge in [-0.15, -0.1) is 0 Å². The number of hydrogen-bond acceptors (Lipinski definition) is 1. The zero-order valence-electron chi connectivity index (χ0n) is 4.41. The Balaban J connectivity index is 3.00. The van der Waals surface area contributed by atoms with Gasteiger partial charge in [0.25, 0.3) is 0 Å². The second-order valence-corrected chi connectivity index (χ2v) is 2.08. The SMILES string of the molecule is C=C(CI)COC. The van der Waals surface area contributed by atoms with E-state index in [1.54, 1.807) is 7.11 Å². The third-order valence-electron chi connectivity index (χ3n) is 0.537. The molecule has 0 N–H and O–H groups in total. The van der Waals surface area contributed by atoms with Gasteiger partial charge in [0, 0.05) is 11.5 Å². The van der Waals surface area contributed by atoms with Crippen LogP contribution in [0.5, 0.6) is 0 Å². The molecule has 42 valence electrons. The summed E-state index contributed by atoms with van der Waals surface area (Å²) < 4.78 is 5.78. The molecule has 0 fully saturated rings. The van der Waals surface area contributed by atoms with E-state index in [1.165, 1.54) is 0 Å². The van der Waals surface area contributed by atoms with Crippen molar-refractivity contribution in [3.8, 4) is 0 Å². The Labute approximate surface area is 57.9 Å². The summed E-state index contributed by atoms with van der Waals surface area (Å²) in [5, 5.41) is 0. The van der Waals surface area contributed by atoms with E-state index in [0.717, 1.165) is 10.0 Å². The maximum atomic E-state index is 4.79. The van der Waals surface area contributed by atoms with Crippen LogP contribution in [-0.2, 0) is 4.74 Å². The molecule has 0 atom stereocenters. The van der Waals surface area contributed by atoms with Crippen LogP contribution in [0, 0.1) is 0 Å². The van der Waals surface area contributed by atoms with Gasteiger partial charge in [-0.05, 0) is 5.57 Å². The minimum absolute atomic E-state index is 0.697. The molecule has 1 nitrogen and oxygen atoms in total. The lowest BCUT2D eigenvalue weighted by Crippen LogP contribution is -1.91. The molecule has 0 aromatic heterocycles. The highest BCUT2D eigenvalue weighted by Gasteiger charge is 1.84. The average molecular weight is 212 g/mol. The average Bonchev–Trinajstić information content (AvgIpc) is 1.68. The Hall–Kier alpha value is 0.430. The fourth-order valence-electron chi connectivity index (χ4n) is 0.243. The summed E-state index contributed by atoms with van der Waals surface area (Å²) in [5.74, 6) is 0. The lowest BCUT2D eigenvalue weighted by atomic mass is 10.4. The van der Waals surface area contributed by atoms with Crippen molar-refractivity contribution < 1.29 is 4.74 Å². The molecule has 0 aromatic rings. The predicted octanol–water partition coefficient (Wildman–Crippen LogP) is 1.62. The van der Waals surface area contributed by atoms with Gasteiger partial charge in [-0.1, -0.05) is 29.2 Å². The highest BCUT2D eigenvalue weighted by molar-refractivity contribution is 14.1. The van der Waals surface area contributed by atoms with Crippen molar-refractivity contribution in [1.29, 1.82) is 0 Å². The third kappa shape index (κ3) is 4.28. The molecule has 0 spiro atoms. The number of halogens is 1. The molecule has 0 heterocycles. The molecular formula is C5H9IO. The summed E-state index contributed by atoms with van der Waals surface area (Å²) in [6, 6.07) is 0. The molecule has 2 heteroatoms. The minimum Gasteiger partial charge on any atom is -0.380 e. The summed E-state index contributed by atoms with van der Waals surface area (Å²) in [5.41, 5.74) is 1.14. The molecule has 0 aliphatic rings. The largest absolute Gasteiger partial charge is 0.380 e. The second kappa shape index (κ2) is 4.59. The monoisotopic (exact) mass is 212 g/mol. The Bertz CT molecular complexity index is 61.1. The van der Waals surface area contributed by atoms with Crippen molar-refractivity contribution in [2.75, 3.05) is 18.1 Å². The van der Waals surface area contributed by atoms with Crippen LogP contribution < -0.4 is 0 Å². The molecule has 0 radical (unpaired) electrons. The molecule has 0 amide bonds. The lowest BCUT2D eigenvalue weighted by molar-refractivity contribution is 0.227. The van der Waals surface area contributed by atoms with Gasteiger partial charge in [-0.2, -0.15) is 0 Å². The molecular weight excluding hydrogens is 203 g/mol. The van der Waals surface area contributed by atoms with Crippen LogP contribution in [0.4, 0.5) is 0 Å². The number of alkyl halides is 1. The lowest BCUT2D eigenvalue weighted by Gasteiger charge is -1.94. The van der Waals surface area contributed by atoms with Gasteiger partial charge >= 0.3 is 0 Å². The van der Waals surface area contributed by atoms with Gasteiger partial charge in [-0.25, -0.2) is 0 Å². The molecule has 0 bridgehead atoms. The highest BCUT2D eigenvalue weighted by Crippen LogP contribution is 1.94. The Morgan fingerprint density at radius 3 is 2.57 bits per heavy atom. The van der Waals surface area contributed by atoms with Crippen LogP contribution in [0.3, 0.4) is 0 Å². The molecule has 0 unspecified atom stereocenters. The predicted molar refractivity (Wildman–Crippen MR) is 39.9 cm³/mol. The van der Waals surface area contributed by atoms with E-state index in [0.29, 0.717) is 6.61 Å². The quantitative estimate of drug-likeness (QED) is 0.392. The summed E-state index contributed by atoms with van der Waals surface area (Å²) in [6.45, 7) is 4.43. The van der Waals surface area contributed by atoms with Crippen molar-refractivity contribution >= 4 is 22.6 Å². The van der Waals surface area contributed by atoms with Gasteiger partial charge < -0.3 is 4.74 Å². The van der Waals surface area contributed by atoms with E-state index in [-0.39, 0.29) is 0 Å². The first-order chi connectivity index (χ1) is 3.31. The van der Waals surface area contributed by atoms with Gasteiger partial charge in [0.2, 0.25) is 0 Å². The van der Waals surface area contributed by atoms with E-state index in [1.807, 2.05) is 0 Å². The van der Waals surface area contributed by atoms with Crippen LogP contribution in [0.15, 0.2) is 12.2 Å². The molecule has 7 heavy (non-hydrogen) atoms. The van der Waals surface area contributed by atoms with Crippen molar-refractivity contribution in [2.45, 2.75) is 0 Å². The van der Waals surface area contributed by atoms with Crippen LogP contribution in [0.1, 0.15) is 0 Å². The van der Waals surface area contributed by atoms with Crippen LogP contribution >= 0.6 is 22.6 Å². The molecule has 0 saturated heterocycles. The van der Waals surface area contributed by atoms with Gasteiger partial charge in [0.1, 0.15) is 0 Å². The third-order valence-corrected chi connectivity index (χ3v) is 1.62. The number of rotatable bonds is 3. The normalized spacial score (nSPS) is 8.86. The maximum Gasteiger partial charge on any atom is 0.0677 e. The van der Waals surface area contributed by atoms with E-state index < -0.39 is 0 Å². The molecule has 0 aromatic carbocycles. The second-order valence-electron chi connectivity index (χ2n) is 1.32. The first-order valence-electron chi connectivity index (χ1n) is 2.02. The summed E-state index contributed by atoms with van der Waals surface area (Å²) in [4.78, 5) is 0. The Morgan fingerprint density at radius 2 is 2.43 bits per heavy atom. The number of ether oxygens (including phenoxy) is 1. The first kappa shape index (κ1) is 7.43. The maximum absolute atomic E-state index is 4.79. The zero-order valence-corrected chi connectivity index (χ0v) is 6.57. The topological polar surface area (TPSA) is 9.23 Å². The van der Waals surface area contributed by atoms with Crippen molar-refractivity contribution in [1.82, 2.24) is 0 Å². The first-order valence-corrected chi connectivity index (χ1v) is 3.55. The standard InChI is InChI=1S/C5H9IO/c1-5(3-6)4-7-2/h1,3-4H2,2H3. The molecule has 0 rings (SSSR count). The fourth-order valence-corrected chi connectivity index (χ4v) is 0.463. The Kier molecular flexibility index (Phi) is 4.87. The van der Waals surface area contributed by atoms with Gasteiger partial charge in [0.15, 0.2) is 0 Å². The molecule has 0 aliphatic heterocycles. The van der Waals surface area contributed by atoms with Gasteiger partial charge in [-0.3, -0.25) is 0 Å². The molecule has 0 aliphatic carbocycles. The van der Waals surface area contributed by atoms with Crippen molar-refractivity contribution in [2.24, 2.45) is 0 Å². The summed E-state index contributed by atoms with van der Waals surface area (Å²) in [6.07, 6.45) is 0. The van der Waals surface area contributed by atoms with Crippen LogP contribution in [0.25, 0.3) is 0 Å². The summed E-state index contributed by atoms with van der Waals surface area (Å²) >= 11 is 2.26. The van der Waals surface area contributed by atoms with Gasteiger partial charge in [0.05, 0.1) is 6.61 Å². The van der Waals surface area contributed by atoms with E-state index in [2.05, 4.69) is 29.2 Å². The number of hydrogen-bond donors (Lipinski definition) is 0. The fraction of sp³-hybridized carbons (Fsp3) is 0.600. The zero-order chi connectivity index (χ0) is 5.70. The van der Waals surface area contributed by atoms with Crippen molar-refractivity contribution in [3.63, 3.8) is 0 Å². The van der Waals surface area contributed by atoms with E-state index in [4.69, 9.17) is 4.74 Å². The van der Waals surface area contributed by atoms with E-state index >= 15 is 0 Å². The minimum atomic E-state index is 0.697. The smallest absolute Gasteiger partial charge is 0.0677 e. The van der Waals surface area contributed by atoms with Crippen molar-refractivity contribution in [3.05, 3.63) is 12.2 Å². The Morgan fingerprint density at radius 1 is 1.86 bits per heavy atom. The van der Waals surface area contributed by atoms with E-state index in [9.17, 15) is 0 Å². The molecule has 0 saturated carbocycles. The van der Waals surface area contributed by atoms with Crippen LogP contribution in [-0.4, -0.2) is 18.1 Å². The highest BCUT2D eigenvalue weighted by atomic mass is 127. The van der Waals surface area contributed by atoms with Crippen LogP contribution in [0.2, 0.25) is 0 Å². The number of methoxy groups -OCH3 is 1. The summed E-state index contributed by atoms with van der Waals surface area (Å²) in [7, 11) is 1.68.